The number of benzene rings is 2. The average molecular weight is 328 g/mol. The van der Waals surface area contributed by atoms with Crippen molar-refractivity contribution in [3.05, 3.63) is 53.6 Å². The Balaban J connectivity index is 2.04. The van der Waals surface area contributed by atoms with Crippen molar-refractivity contribution in [3.63, 3.8) is 0 Å². The van der Waals surface area contributed by atoms with E-state index in [0.717, 1.165) is 28.8 Å². The number of para-hydroxylation sites is 2. The van der Waals surface area contributed by atoms with Gasteiger partial charge >= 0.3 is 0 Å². The van der Waals surface area contributed by atoms with Gasteiger partial charge in [-0.3, -0.25) is 4.79 Å². The van der Waals surface area contributed by atoms with Gasteiger partial charge in [-0.2, -0.15) is 0 Å². The highest BCUT2D eigenvalue weighted by molar-refractivity contribution is 6.30. The highest BCUT2D eigenvalue weighted by Gasteiger charge is 2.14. The van der Waals surface area contributed by atoms with Gasteiger partial charge in [0, 0.05) is 17.1 Å². The molecule has 0 aliphatic carbocycles. The Morgan fingerprint density at radius 1 is 1.17 bits per heavy atom. The molecule has 1 aromatic heterocycles. The van der Waals surface area contributed by atoms with E-state index in [1.54, 1.807) is 0 Å². The van der Waals surface area contributed by atoms with Gasteiger partial charge in [0.15, 0.2) is 0 Å². The van der Waals surface area contributed by atoms with Crippen molar-refractivity contribution in [2.24, 2.45) is 0 Å². The summed E-state index contributed by atoms with van der Waals surface area (Å²) >= 11 is 5.97. The predicted octanol–water partition coefficient (Wildman–Crippen LogP) is 3.88. The number of nitrogens with zero attached hydrogens (tertiary/aromatic N) is 2. The Labute approximate surface area is 140 Å². The second-order valence-electron chi connectivity index (χ2n) is 5.37. The van der Waals surface area contributed by atoms with E-state index in [9.17, 15) is 4.79 Å². The second-order valence-corrected chi connectivity index (χ2v) is 5.80. The van der Waals surface area contributed by atoms with Gasteiger partial charge in [-0.15, -0.1) is 0 Å². The third kappa shape index (κ3) is 3.37. The van der Waals surface area contributed by atoms with Gasteiger partial charge in [0.25, 0.3) is 0 Å². The molecule has 0 atom stereocenters. The first-order chi connectivity index (χ1) is 11.2. The summed E-state index contributed by atoms with van der Waals surface area (Å²) in [6, 6.07) is 15.3. The van der Waals surface area contributed by atoms with E-state index in [1.807, 2.05) is 60.0 Å². The first kappa shape index (κ1) is 15.6. The van der Waals surface area contributed by atoms with Crippen LogP contribution in [0.25, 0.3) is 22.4 Å². The van der Waals surface area contributed by atoms with E-state index in [4.69, 9.17) is 11.6 Å². The molecule has 0 saturated heterocycles. The molecule has 1 heterocycles. The minimum atomic E-state index is -0.00906. The summed E-state index contributed by atoms with van der Waals surface area (Å²) in [4.78, 5) is 16.9. The van der Waals surface area contributed by atoms with Crippen LogP contribution in [0, 0.1) is 0 Å². The molecule has 118 valence electrons. The van der Waals surface area contributed by atoms with Crippen LogP contribution in [0.3, 0.4) is 0 Å². The van der Waals surface area contributed by atoms with Gasteiger partial charge in [-0.05, 0) is 42.8 Å². The molecular weight excluding hydrogens is 310 g/mol. The second kappa shape index (κ2) is 6.84. The first-order valence-corrected chi connectivity index (χ1v) is 8.04. The van der Waals surface area contributed by atoms with E-state index in [2.05, 4.69) is 10.3 Å². The number of carbonyl (C=O) groups excluding carboxylic acids is 1. The Bertz CT molecular complexity index is 824. The third-order valence-electron chi connectivity index (χ3n) is 3.63. The molecule has 0 saturated carbocycles. The molecule has 0 unspecified atom stereocenters. The van der Waals surface area contributed by atoms with E-state index >= 15 is 0 Å². The highest BCUT2D eigenvalue weighted by atomic mass is 35.5. The number of hydrogen-bond donors (Lipinski definition) is 1. The normalized spacial score (nSPS) is 10.9. The monoisotopic (exact) mass is 327 g/mol. The summed E-state index contributed by atoms with van der Waals surface area (Å²) in [5, 5.41) is 3.59. The summed E-state index contributed by atoms with van der Waals surface area (Å²) in [6.45, 7) is 2.96. The molecule has 1 N–H and O–H groups in total. The molecule has 3 aromatic rings. The molecule has 0 spiro atoms. The van der Waals surface area contributed by atoms with Crippen molar-refractivity contribution in [3.8, 4) is 11.4 Å². The zero-order chi connectivity index (χ0) is 16.2. The Morgan fingerprint density at radius 2 is 1.91 bits per heavy atom. The fourth-order valence-corrected chi connectivity index (χ4v) is 2.64. The number of hydrogen-bond acceptors (Lipinski definition) is 2. The highest BCUT2D eigenvalue weighted by Crippen LogP contribution is 2.25. The lowest BCUT2D eigenvalue weighted by molar-refractivity contribution is -0.121. The SMILES string of the molecule is CCCNC(=O)Cn1c(-c2ccc(Cl)cc2)nc2ccccc21. The minimum absolute atomic E-state index is 0.00906. The van der Waals surface area contributed by atoms with Crippen molar-refractivity contribution in [1.29, 1.82) is 0 Å². The topological polar surface area (TPSA) is 46.9 Å². The van der Waals surface area contributed by atoms with Gasteiger partial charge in [-0.25, -0.2) is 4.98 Å². The number of fused-ring (bicyclic) bond motifs is 1. The van der Waals surface area contributed by atoms with Gasteiger partial charge in [-0.1, -0.05) is 30.7 Å². The van der Waals surface area contributed by atoms with E-state index < -0.39 is 0 Å². The lowest BCUT2D eigenvalue weighted by Gasteiger charge is -2.10. The standard InChI is InChI=1S/C18H18ClN3O/c1-2-11-20-17(23)12-22-16-6-4-3-5-15(16)21-18(22)13-7-9-14(19)10-8-13/h3-10H,2,11-12H2,1H3,(H,20,23). The summed E-state index contributed by atoms with van der Waals surface area (Å²) in [5.74, 6) is 0.764. The molecule has 5 heteroatoms. The number of amides is 1. The minimum Gasteiger partial charge on any atom is -0.355 e. The van der Waals surface area contributed by atoms with Crippen LogP contribution in [-0.4, -0.2) is 22.0 Å². The maximum atomic E-state index is 12.2. The van der Waals surface area contributed by atoms with Crippen LogP contribution < -0.4 is 5.32 Å². The van der Waals surface area contributed by atoms with Crippen molar-refractivity contribution >= 4 is 28.5 Å². The molecule has 23 heavy (non-hydrogen) atoms. The average Bonchev–Trinajstić information content (AvgIpc) is 2.92. The van der Waals surface area contributed by atoms with Gasteiger partial charge < -0.3 is 9.88 Å². The zero-order valence-electron chi connectivity index (χ0n) is 12.9. The number of rotatable bonds is 5. The van der Waals surface area contributed by atoms with Crippen molar-refractivity contribution in [2.45, 2.75) is 19.9 Å². The Morgan fingerprint density at radius 3 is 2.65 bits per heavy atom. The van der Waals surface area contributed by atoms with Gasteiger partial charge in [0.05, 0.1) is 11.0 Å². The summed E-state index contributed by atoms with van der Waals surface area (Å²) in [7, 11) is 0. The lowest BCUT2D eigenvalue weighted by Crippen LogP contribution is -2.28. The van der Waals surface area contributed by atoms with Crippen molar-refractivity contribution in [1.82, 2.24) is 14.9 Å². The van der Waals surface area contributed by atoms with Crippen molar-refractivity contribution in [2.75, 3.05) is 6.54 Å². The van der Waals surface area contributed by atoms with Crippen molar-refractivity contribution < 1.29 is 4.79 Å². The molecule has 1 amide bonds. The van der Waals surface area contributed by atoms with Crippen LogP contribution in [0.1, 0.15) is 13.3 Å². The lowest BCUT2D eigenvalue weighted by atomic mass is 10.2. The summed E-state index contributed by atoms with van der Waals surface area (Å²) in [6.07, 6.45) is 0.917. The Hall–Kier alpha value is -2.33. The first-order valence-electron chi connectivity index (χ1n) is 7.67. The number of imidazole rings is 1. The predicted molar refractivity (Wildman–Crippen MR) is 93.5 cm³/mol. The maximum Gasteiger partial charge on any atom is 0.240 e. The zero-order valence-corrected chi connectivity index (χ0v) is 13.7. The summed E-state index contributed by atoms with van der Waals surface area (Å²) in [5.41, 5.74) is 2.76. The van der Waals surface area contributed by atoms with Crippen LogP contribution in [0.15, 0.2) is 48.5 Å². The molecule has 4 nitrogen and oxygen atoms in total. The smallest absolute Gasteiger partial charge is 0.240 e. The number of aromatic nitrogens is 2. The van der Waals surface area contributed by atoms with Crippen LogP contribution in [-0.2, 0) is 11.3 Å². The van der Waals surface area contributed by atoms with Crippen LogP contribution in [0.4, 0.5) is 0 Å². The molecule has 2 aromatic carbocycles. The van der Waals surface area contributed by atoms with Gasteiger partial charge in [0.1, 0.15) is 12.4 Å². The molecule has 0 aliphatic heterocycles. The molecule has 3 rings (SSSR count). The van der Waals surface area contributed by atoms with Crippen LogP contribution in [0.2, 0.25) is 5.02 Å². The van der Waals surface area contributed by atoms with E-state index in [1.165, 1.54) is 0 Å². The van der Waals surface area contributed by atoms with Crippen LogP contribution in [0.5, 0.6) is 0 Å². The van der Waals surface area contributed by atoms with Gasteiger partial charge in [0.2, 0.25) is 5.91 Å². The molecule has 0 radical (unpaired) electrons. The van der Waals surface area contributed by atoms with E-state index in [-0.39, 0.29) is 12.5 Å². The molecule has 0 bridgehead atoms. The third-order valence-corrected chi connectivity index (χ3v) is 3.88. The Kier molecular flexibility index (Phi) is 4.63. The largest absolute Gasteiger partial charge is 0.355 e. The fraction of sp³-hybridized carbons (Fsp3) is 0.222. The van der Waals surface area contributed by atoms with E-state index in [0.29, 0.717) is 11.6 Å². The number of nitrogens with one attached hydrogen (secondary N) is 1. The van der Waals surface area contributed by atoms with Crippen LogP contribution >= 0.6 is 11.6 Å². The fourth-order valence-electron chi connectivity index (χ4n) is 2.52. The molecule has 0 fully saturated rings. The molecule has 0 aliphatic rings. The maximum absolute atomic E-state index is 12.2. The summed E-state index contributed by atoms with van der Waals surface area (Å²) < 4.78 is 1.95. The number of halogens is 1. The quantitative estimate of drug-likeness (QED) is 0.773. The molecular formula is C18H18ClN3O. The number of carbonyl (C=O) groups is 1.